The van der Waals surface area contributed by atoms with Gasteiger partial charge in [0.05, 0.1) is 29.8 Å². The summed E-state index contributed by atoms with van der Waals surface area (Å²) in [6, 6.07) is -0.515. The summed E-state index contributed by atoms with van der Waals surface area (Å²) in [5.74, 6) is -1.70. The highest BCUT2D eigenvalue weighted by atomic mass is 32.2. The largest absolute Gasteiger partial charge is 0.465 e. The number of hydrogen-bond donors (Lipinski definition) is 1. The Balaban J connectivity index is 1.65. The SMILES string of the molecule is C=CCCOC(=O)[C@@H]1[C@H]2C(=O)N(CCO)C(C(=O)N(CC=C)C3CCCCC3)C23CC[C@H]1S3. The number of ether oxygens (including phenoxy) is 1. The van der Waals surface area contributed by atoms with Crippen LogP contribution in [0.1, 0.15) is 51.4 Å². The Morgan fingerprint density at radius 2 is 1.97 bits per heavy atom. The third-order valence-corrected chi connectivity index (χ3v) is 9.79. The van der Waals surface area contributed by atoms with Crippen molar-refractivity contribution in [2.45, 2.75) is 73.4 Å². The summed E-state index contributed by atoms with van der Waals surface area (Å²) >= 11 is 1.64. The molecular weight excluding hydrogens is 440 g/mol. The first-order valence-corrected chi connectivity index (χ1v) is 13.2. The van der Waals surface area contributed by atoms with E-state index in [2.05, 4.69) is 13.2 Å². The Bertz CT molecular complexity index is 798. The fraction of sp³-hybridized carbons (Fsp3) is 0.720. The monoisotopic (exact) mass is 476 g/mol. The predicted octanol–water partition coefficient (Wildman–Crippen LogP) is 2.54. The van der Waals surface area contributed by atoms with Crippen LogP contribution in [0.4, 0.5) is 0 Å². The van der Waals surface area contributed by atoms with Crippen LogP contribution in [0.5, 0.6) is 0 Å². The first kappa shape index (κ1) is 24.3. The summed E-state index contributed by atoms with van der Waals surface area (Å²) in [6.07, 6.45) is 10.8. The molecule has 0 aromatic rings. The van der Waals surface area contributed by atoms with Gasteiger partial charge in [0.25, 0.3) is 0 Å². The van der Waals surface area contributed by atoms with Gasteiger partial charge in [-0.05, 0) is 32.1 Å². The van der Waals surface area contributed by atoms with E-state index in [0.717, 1.165) is 38.5 Å². The van der Waals surface area contributed by atoms with E-state index >= 15 is 0 Å². The van der Waals surface area contributed by atoms with E-state index in [-0.39, 0.29) is 48.8 Å². The highest BCUT2D eigenvalue weighted by Gasteiger charge is 2.74. The van der Waals surface area contributed by atoms with Gasteiger partial charge in [-0.15, -0.1) is 24.9 Å². The van der Waals surface area contributed by atoms with Crippen LogP contribution >= 0.6 is 11.8 Å². The van der Waals surface area contributed by atoms with Gasteiger partial charge in [-0.1, -0.05) is 31.4 Å². The molecule has 4 aliphatic rings. The quantitative estimate of drug-likeness (QED) is 0.296. The van der Waals surface area contributed by atoms with Crippen molar-refractivity contribution in [1.29, 1.82) is 0 Å². The molecule has 2 bridgehead atoms. The van der Waals surface area contributed by atoms with E-state index in [1.807, 2.05) is 4.90 Å². The summed E-state index contributed by atoms with van der Waals surface area (Å²) in [7, 11) is 0. The number of β-amino-alcohol motifs (C(OH)–C–C–N with tert-alkyl or cyclic N) is 1. The minimum absolute atomic E-state index is 0.00991. The van der Waals surface area contributed by atoms with E-state index in [9.17, 15) is 19.5 Å². The van der Waals surface area contributed by atoms with E-state index in [4.69, 9.17) is 4.74 Å². The molecule has 182 valence electrons. The summed E-state index contributed by atoms with van der Waals surface area (Å²) < 4.78 is 4.86. The number of carbonyl (C=O) groups is 3. The van der Waals surface area contributed by atoms with Crippen LogP contribution in [-0.4, -0.2) is 81.1 Å². The Kier molecular flexibility index (Phi) is 7.53. The number of fused-ring (bicyclic) bond motifs is 1. The molecule has 1 N–H and O–H groups in total. The normalized spacial score (nSPS) is 33.1. The predicted molar refractivity (Wildman–Crippen MR) is 127 cm³/mol. The van der Waals surface area contributed by atoms with Crippen LogP contribution in [0, 0.1) is 11.8 Å². The summed E-state index contributed by atoms with van der Waals surface area (Å²) in [5.41, 5.74) is 0. The molecule has 3 saturated heterocycles. The number of aliphatic hydroxyl groups excluding tert-OH is 1. The number of aliphatic hydroxyl groups is 1. The van der Waals surface area contributed by atoms with Gasteiger partial charge >= 0.3 is 5.97 Å². The third kappa shape index (κ3) is 4.14. The minimum Gasteiger partial charge on any atom is -0.465 e. The second-order valence-electron chi connectivity index (χ2n) is 9.63. The Hall–Kier alpha value is -1.80. The lowest BCUT2D eigenvalue weighted by molar-refractivity contribution is -0.154. The number of hydrogen-bond acceptors (Lipinski definition) is 6. The lowest BCUT2D eigenvalue weighted by atomic mass is 9.71. The Morgan fingerprint density at radius 3 is 2.64 bits per heavy atom. The smallest absolute Gasteiger partial charge is 0.310 e. The molecule has 4 fully saturated rings. The lowest BCUT2D eigenvalue weighted by Gasteiger charge is -2.41. The number of esters is 1. The van der Waals surface area contributed by atoms with Gasteiger partial charge in [0.1, 0.15) is 6.04 Å². The van der Waals surface area contributed by atoms with Crippen molar-refractivity contribution in [3.63, 3.8) is 0 Å². The zero-order valence-corrected chi connectivity index (χ0v) is 20.1. The molecule has 0 radical (unpaired) electrons. The molecule has 7 nitrogen and oxygen atoms in total. The van der Waals surface area contributed by atoms with Gasteiger partial charge in [0.2, 0.25) is 11.8 Å². The molecule has 1 spiro atoms. The van der Waals surface area contributed by atoms with Crippen LogP contribution in [0.15, 0.2) is 25.3 Å². The third-order valence-electron chi connectivity index (χ3n) is 7.84. The second kappa shape index (κ2) is 10.2. The molecule has 2 amide bonds. The Morgan fingerprint density at radius 1 is 1.21 bits per heavy atom. The first-order chi connectivity index (χ1) is 16.0. The molecule has 8 heteroatoms. The van der Waals surface area contributed by atoms with Crippen LogP contribution in [0.3, 0.4) is 0 Å². The summed E-state index contributed by atoms with van der Waals surface area (Å²) in [4.78, 5) is 44.3. The highest BCUT2D eigenvalue weighted by molar-refractivity contribution is 8.02. The fourth-order valence-electron chi connectivity index (χ4n) is 6.50. The van der Waals surface area contributed by atoms with Crippen molar-refractivity contribution in [2.24, 2.45) is 11.8 Å². The van der Waals surface area contributed by atoms with E-state index < -0.39 is 22.6 Å². The lowest BCUT2D eigenvalue weighted by Crippen LogP contribution is -2.57. The summed E-state index contributed by atoms with van der Waals surface area (Å²) in [6.45, 7) is 8.11. The molecule has 3 aliphatic heterocycles. The molecule has 5 atom stereocenters. The number of likely N-dealkylation sites (tertiary alicyclic amines) is 1. The van der Waals surface area contributed by atoms with Crippen LogP contribution in [-0.2, 0) is 19.1 Å². The first-order valence-electron chi connectivity index (χ1n) is 12.3. The van der Waals surface area contributed by atoms with Gasteiger partial charge in [0.15, 0.2) is 0 Å². The van der Waals surface area contributed by atoms with E-state index in [1.165, 1.54) is 6.42 Å². The van der Waals surface area contributed by atoms with Gasteiger partial charge in [-0.3, -0.25) is 14.4 Å². The van der Waals surface area contributed by atoms with E-state index in [0.29, 0.717) is 13.0 Å². The maximum atomic E-state index is 14.1. The fourth-order valence-corrected chi connectivity index (χ4v) is 8.70. The molecule has 3 heterocycles. The molecule has 4 rings (SSSR count). The number of thioether (sulfide) groups is 1. The van der Waals surface area contributed by atoms with Crippen LogP contribution in [0.25, 0.3) is 0 Å². The topological polar surface area (TPSA) is 87.1 Å². The number of carbonyl (C=O) groups excluding carboxylic acids is 3. The highest BCUT2D eigenvalue weighted by Crippen LogP contribution is 2.66. The zero-order valence-electron chi connectivity index (χ0n) is 19.3. The second-order valence-corrected chi connectivity index (χ2v) is 11.2. The average molecular weight is 477 g/mol. The molecule has 33 heavy (non-hydrogen) atoms. The minimum atomic E-state index is -0.662. The van der Waals surface area contributed by atoms with Crippen molar-refractivity contribution in [3.05, 3.63) is 25.3 Å². The zero-order chi connectivity index (χ0) is 23.6. The molecule has 0 aromatic carbocycles. The van der Waals surface area contributed by atoms with Crippen molar-refractivity contribution < 1.29 is 24.2 Å². The summed E-state index contributed by atoms with van der Waals surface area (Å²) in [5, 5.41) is 9.73. The average Bonchev–Trinajstić information content (AvgIpc) is 3.46. The van der Waals surface area contributed by atoms with Crippen molar-refractivity contribution in [1.82, 2.24) is 9.80 Å². The van der Waals surface area contributed by atoms with Crippen molar-refractivity contribution >= 4 is 29.5 Å². The maximum Gasteiger partial charge on any atom is 0.310 e. The number of amides is 2. The number of rotatable bonds is 10. The maximum absolute atomic E-state index is 14.1. The van der Waals surface area contributed by atoms with Gasteiger partial charge in [-0.2, -0.15) is 0 Å². The molecule has 0 aromatic heterocycles. The van der Waals surface area contributed by atoms with Crippen molar-refractivity contribution in [3.8, 4) is 0 Å². The van der Waals surface area contributed by atoms with Crippen LogP contribution < -0.4 is 0 Å². The molecular formula is C25H36N2O5S. The number of nitrogens with zero attached hydrogens (tertiary/aromatic N) is 2. The molecule has 1 aliphatic carbocycles. The molecule has 1 saturated carbocycles. The standard InChI is InChI=1S/C25H36N2O5S/c1-3-5-16-32-24(31)19-18-11-12-25(33-18)20(19)22(29)27(14-15-28)21(25)23(30)26(13-4-2)17-9-7-6-8-10-17/h3-4,17-21,28H,1-2,5-16H2/t18-,19+,20+,21?,25?/m1/s1. The van der Waals surface area contributed by atoms with Crippen LogP contribution in [0.2, 0.25) is 0 Å². The van der Waals surface area contributed by atoms with Crippen molar-refractivity contribution in [2.75, 3.05) is 26.3 Å². The Labute approximate surface area is 200 Å². The molecule has 2 unspecified atom stereocenters. The van der Waals surface area contributed by atoms with Gasteiger partial charge in [-0.25, -0.2) is 0 Å². The van der Waals surface area contributed by atoms with Gasteiger partial charge in [0, 0.05) is 24.4 Å². The van der Waals surface area contributed by atoms with E-state index in [1.54, 1.807) is 28.8 Å². The van der Waals surface area contributed by atoms with Gasteiger partial charge < -0.3 is 19.6 Å².